The fourth-order valence-electron chi connectivity index (χ4n) is 1.07. The van der Waals surface area contributed by atoms with Crippen LogP contribution in [-0.2, 0) is 0 Å². The van der Waals surface area contributed by atoms with Crippen molar-refractivity contribution >= 4 is 11.3 Å². The summed E-state index contributed by atoms with van der Waals surface area (Å²) in [6.07, 6.45) is 0. The van der Waals surface area contributed by atoms with Gasteiger partial charge in [0.2, 0.25) is 0 Å². The zero-order valence-corrected chi connectivity index (χ0v) is 7.32. The van der Waals surface area contributed by atoms with E-state index < -0.39 is 0 Å². The third-order valence-electron chi connectivity index (χ3n) is 1.79. The highest BCUT2D eigenvalue weighted by Crippen LogP contribution is 2.22. The van der Waals surface area contributed by atoms with Gasteiger partial charge in [-0.1, -0.05) is 6.58 Å². The summed E-state index contributed by atoms with van der Waals surface area (Å²) in [4.78, 5) is 0. The van der Waals surface area contributed by atoms with Crippen molar-refractivity contribution < 1.29 is 4.39 Å². The summed E-state index contributed by atoms with van der Waals surface area (Å²) in [5, 5.41) is 0. The van der Waals surface area contributed by atoms with Crippen LogP contribution in [0, 0.1) is 12.7 Å². The van der Waals surface area contributed by atoms with E-state index >= 15 is 0 Å². The summed E-state index contributed by atoms with van der Waals surface area (Å²) >= 11 is 0. The van der Waals surface area contributed by atoms with Crippen molar-refractivity contribution in [3.05, 3.63) is 35.7 Å². The first kappa shape index (κ1) is 8.78. The minimum atomic E-state index is -0.266. The molecular formula is C10H12FN. The Hall–Kier alpha value is -1.31. The Labute approximate surface area is 71.7 Å². The molecule has 0 aliphatic heterocycles. The van der Waals surface area contributed by atoms with Crippen LogP contribution in [-0.4, -0.2) is 0 Å². The van der Waals surface area contributed by atoms with E-state index in [1.807, 2.05) is 6.92 Å². The van der Waals surface area contributed by atoms with E-state index in [-0.39, 0.29) is 5.82 Å². The molecule has 2 N–H and O–H groups in total. The first-order valence-corrected chi connectivity index (χ1v) is 3.74. The maximum atomic E-state index is 12.9. The topological polar surface area (TPSA) is 26.0 Å². The molecular weight excluding hydrogens is 153 g/mol. The van der Waals surface area contributed by atoms with Crippen molar-refractivity contribution in [1.29, 1.82) is 0 Å². The van der Waals surface area contributed by atoms with E-state index in [1.165, 1.54) is 6.07 Å². The van der Waals surface area contributed by atoms with Gasteiger partial charge in [-0.2, -0.15) is 0 Å². The second kappa shape index (κ2) is 2.97. The quantitative estimate of drug-likeness (QED) is 0.636. The second-order valence-corrected chi connectivity index (χ2v) is 2.97. The minimum absolute atomic E-state index is 0.266. The number of halogens is 1. The summed E-state index contributed by atoms with van der Waals surface area (Å²) in [7, 11) is 0. The van der Waals surface area contributed by atoms with E-state index in [2.05, 4.69) is 6.58 Å². The van der Waals surface area contributed by atoms with Gasteiger partial charge in [0, 0.05) is 11.3 Å². The Bertz CT molecular complexity index is 329. The molecule has 0 unspecified atom stereocenters. The van der Waals surface area contributed by atoms with Gasteiger partial charge in [-0.15, -0.1) is 0 Å². The normalized spacial score (nSPS) is 9.92. The first-order chi connectivity index (χ1) is 5.52. The molecule has 1 nitrogen and oxygen atoms in total. The fourth-order valence-corrected chi connectivity index (χ4v) is 1.07. The molecule has 0 fully saturated rings. The molecule has 0 aromatic heterocycles. The molecule has 1 rings (SSSR count). The lowest BCUT2D eigenvalue weighted by Gasteiger charge is -2.06. The van der Waals surface area contributed by atoms with Crippen LogP contribution in [0.2, 0.25) is 0 Å². The van der Waals surface area contributed by atoms with E-state index in [1.54, 1.807) is 13.0 Å². The standard InChI is InChI=1S/C10H12FN/c1-6(2)8-4-7(3)9(11)5-10(8)12/h4-5H,1,12H2,2-3H3. The highest BCUT2D eigenvalue weighted by molar-refractivity contribution is 5.72. The van der Waals surface area contributed by atoms with Crippen molar-refractivity contribution in [1.82, 2.24) is 0 Å². The van der Waals surface area contributed by atoms with Gasteiger partial charge in [0.05, 0.1) is 0 Å². The molecule has 0 aliphatic carbocycles. The van der Waals surface area contributed by atoms with Crippen molar-refractivity contribution in [3.63, 3.8) is 0 Å². The molecule has 0 bridgehead atoms. The predicted molar refractivity (Wildman–Crippen MR) is 50.3 cm³/mol. The molecule has 0 saturated carbocycles. The van der Waals surface area contributed by atoms with E-state index in [9.17, 15) is 4.39 Å². The van der Waals surface area contributed by atoms with Crippen molar-refractivity contribution in [2.75, 3.05) is 5.73 Å². The molecule has 0 heterocycles. The molecule has 0 spiro atoms. The molecule has 0 aliphatic rings. The number of hydrogen-bond donors (Lipinski definition) is 1. The van der Waals surface area contributed by atoms with Crippen LogP contribution in [0.3, 0.4) is 0 Å². The SMILES string of the molecule is C=C(C)c1cc(C)c(F)cc1N. The molecule has 1 aromatic carbocycles. The Kier molecular flexibility index (Phi) is 2.18. The van der Waals surface area contributed by atoms with Gasteiger partial charge in [0.15, 0.2) is 0 Å². The van der Waals surface area contributed by atoms with Gasteiger partial charge in [-0.05, 0) is 37.1 Å². The van der Waals surface area contributed by atoms with Gasteiger partial charge in [0.1, 0.15) is 5.82 Å². The molecule has 0 radical (unpaired) electrons. The van der Waals surface area contributed by atoms with Gasteiger partial charge < -0.3 is 5.73 Å². The number of benzene rings is 1. The number of allylic oxidation sites excluding steroid dienone is 1. The monoisotopic (exact) mass is 165 g/mol. The van der Waals surface area contributed by atoms with Crippen LogP contribution in [0.15, 0.2) is 18.7 Å². The largest absolute Gasteiger partial charge is 0.398 e. The van der Waals surface area contributed by atoms with Crippen LogP contribution in [0.5, 0.6) is 0 Å². The van der Waals surface area contributed by atoms with Crippen LogP contribution in [0.4, 0.5) is 10.1 Å². The van der Waals surface area contributed by atoms with E-state index in [4.69, 9.17) is 5.73 Å². The maximum Gasteiger partial charge on any atom is 0.128 e. The Morgan fingerprint density at radius 1 is 1.50 bits per heavy atom. The highest BCUT2D eigenvalue weighted by Gasteiger charge is 2.04. The lowest BCUT2D eigenvalue weighted by molar-refractivity contribution is 0.619. The van der Waals surface area contributed by atoms with Gasteiger partial charge in [-0.3, -0.25) is 0 Å². The smallest absolute Gasteiger partial charge is 0.128 e. The van der Waals surface area contributed by atoms with E-state index in [0.717, 1.165) is 11.1 Å². The maximum absolute atomic E-state index is 12.9. The number of nitrogens with two attached hydrogens (primary N) is 1. The summed E-state index contributed by atoms with van der Waals surface area (Å²) in [6.45, 7) is 7.31. The summed E-state index contributed by atoms with van der Waals surface area (Å²) in [6, 6.07) is 3.05. The minimum Gasteiger partial charge on any atom is -0.398 e. The summed E-state index contributed by atoms with van der Waals surface area (Å²) in [5.41, 5.74) is 8.32. The van der Waals surface area contributed by atoms with Crippen molar-refractivity contribution in [2.24, 2.45) is 0 Å². The van der Waals surface area contributed by atoms with Crippen LogP contribution in [0.25, 0.3) is 5.57 Å². The second-order valence-electron chi connectivity index (χ2n) is 2.97. The van der Waals surface area contributed by atoms with Crippen LogP contribution >= 0.6 is 0 Å². The first-order valence-electron chi connectivity index (χ1n) is 3.74. The molecule has 0 atom stereocenters. The molecule has 1 aromatic rings. The molecule has 12 heavy (non-hydrogen) atoms. The molecule has 2 heteroatoms. The Morgan fingerprint density at radius 3 is 2.58 bits per heavy atom. The van der Waals surface area contributed by atoms with Gasteiger partial charge in [-0.25, -0.2) is 4.39 Å². The number of anilines is 1. The number of hydrogen-bond acceptors (Lipinski definition) is 1. The fraction of sp³-hybridized carbons (Fsp3) is 0.200. The Balaban J connectivity index is 3.33. The number of nitrogen functional groups attached to an aromatic ring is 1. The zero-order valence-electron chi connectivity index (χ0n) is 7.32. The summed E-state index contributed by atoms with van der Waals surface area (Å²) in [5.74, 6) is -0.266. The van der Waals surface area contributed by atoms with Gasteiger partial charge >= 0.3 is 0 Å². The third kappa shape index (κ3) is 1.47. The lowest BCUT2D eigenvalue weighted by Crippen LogP contribution is -1.95. The van der Waals surface area contributed by atoms with Gasteiger partial charge in [0.25, 0.3) is 0 Å². The molecule has 0 saturated heterocycles. The number of rotatable bonds is 1. The van der Waals surface area contributed by atoms with Crippen molar-refractivity contribution in [2.45, 2.75) is 13.8 Å². The summed E-state index contributed by atoms with van der Waals surface area (Å²) < 4.78 is 12.9. The lowest BCUT2D eigenvalue weighted by atomic mass is 10.0. The van der Waals surface area contributed by atoms with Crippen LogP contribution < -0.4 is 5.73 Å². The van der Waals surface area contributed by atoms with Crippen molar-refractivity contribution in [3.8, 4) is 0 Å². The third-order valence-corrected chi connectivity index (χ3v) is 1.79. The van der Waals surface area contributed by atoms with Crippen LogP contribution in [0.1, 0.15) is 18.1 Å². The average Bonchev–Trinajstić information content (AvgIpc) is 1.96. The highest BCUT2D eigenvalue weighted by atomic mass is 19.1. The molecule has 64 valence electrons. The molecule has 0 amide bonds. The number of aryl methyl sites for hydroxylation is 1. The zero-order chi connectivity index (χ0) is 9.30. The average molecular weight is 165 g/mol. The van der Waals surface area contributed by atoms with E-state index in [0.29, 0.717) is 11.3 Å². The Morgan fingerprint density at radius 2 is 2.08 bits per heavy atom. The predicted octanol–water partition coefficient (Wildman–Crippen LogP) is 2.75.